The summed E-state index contributed by atoms with van der Waals surface area (Å²) < 4.78 is 12.3. The molecule has 0 aliphatic heterocycles. The van der Waals surface area contributed by atoms with Crippen LogP contribution >= 0.6 is 0 Å². The number of hydrogen-bond acceptors (Lipinski definition) is 6. The normalized spacial score (nSPS) is 10.9. The maximum atomic E-state index is 6.14. The van der Waals surface area contributed by atoms with Crippen molar-refractivity contribution in [2.75, 3.05) is 20.0 Å². The fraction of sp³-hybridized carbons (Fsp3) is 0.500. The van der Waals surface area contributed by atoms with Crippen LogP contribution in [0.2, 0.25) is 0 Å². The van der Waals surface area contributed by atoms with Gasteiger partial charge in [0.25, 0.3) is 0 Å². The molecule has 0 radical (unpaired) electrons. The summed E-state index contributed by atoms with van der Waals surface area (Å²) in [5.41, 5.74) is 7.35. The molecule has 0 atom stereocenters. The molecule has 0 aliphatic carbocycles. The summed E-state index contributed by atoms with van der Waals surface area (Å²) in [6.07, 6.45) is 0.985. The zero-order valence-corrected chi connectivity index (χ0v) is 12.8. The van der Waals surface area contributed by atoms with Crippen molar-refractivity contribution in [3.05, 3.63) is 12.1 Å². The Morgan fingerprint density at radius 3 is 2.62 bits per heavy atom. The Hall–Kier alpha value is -2.31. The topological polar surface area (TPSA) is 88.1 Å². The molecule has 1 aromatic carbocycles. The second kappa shape index (κ2) is 6.43. The van der Waals surface area contributed by atoms with Crippen LogP contribution in [0.1, 0.15) is 20.3 Å². The Bertz CT molecular complexity index is 609. The monoisotopic (exact) mass is 291 g/mol. The fourth-order valence-electron chi connectivity index (χ4n) is 2.00. The van der Waals surface area contributed by atoms with E-state index >= 15 is 0 Å². The van der Waals surface area contributed by atoms with Gasteiger partial charge in [0, 0.05) is 12.6 Å². The van der Waals surface area contributed by atoms with Crippen molar-refractivity contribution < 1.29 is 9.47 Å². The molecule has 0 bridgehead atoms. The summed E-state index contributed by atoms with van der Waals surface area (Å²) in [5, 5.41) is 11.9. The Morgan fingerprint density at radius 1 is 1.24 bits per heavy atom. The number of aromatic nitrogens is 4. The number of nitrogens with zero attached hydrogens (tertiary/aromatic N) is 4. The van der Waals surface area contributed by atoms with E-state index in [-0.39, 0.29) is 0 Å². The predicted octanol–water partition coefficient (Wildman–Crippen LogP) is 1.99. The van der Waals surface area contributed by atoms with Crippen LogP contribution in [0.25, 0.3) is 11.4 Å². The molecule has 0 saturated carbocycles. The van der Waals surface area contributed by atoms with Crippen LogP contribution in [0.4, 0.5) is 5.69 Å². The highest BCUT2D eigenvalue weighted by Crippen LogP contribution is 2.36. The number of methoxy groups -OCH3 is 2. The van der Waals surface area contributed by atoms with Crippen molar-refractivity contribution >= 4 is 5.69 Å². The number of ether oxygens (including phenoxy) is 2. The maximum absolute atomic E-state index is 6.14. The summed E-state index contributed by atoms with van der Waals surface area (Å²) in [7, 11) is 3.16. The van der Waals surface area contributed by atoms with Gasteiger partial charge in [-0.05, 0) is 28.8 Å². The highest BCUT2D eigenvalue weighted by molar-refractivity contribution is 5.78. The second-order valence-electron chi connectivity index (χ2n) is 5.20. The van der Waals surface area contributed by atoms with Crippen LogP contribution < -0.4 is 15.2 Å². The molecule has 0 amide bonds. The molecule has 2 aromatic rings. The third-order valence-corrected chi connectivity index (χ3v) is 3.26. The molecule has 1 heterocycles. The van der Waals surface area contributed by atoms with Crippen LogP contribution in [0.15, 0.2) is 12.1 Å². The van der Waals surface area contributed by atoms with Crippen molar-refractivity contribution in [1.82, 2.24) is 20.2 Å². The van der Waals surface area contributed by atoms with E-state index in [1.54, 1.807) is 25.0 Å². The van der Waals surface area contributed by atoms with Crippen molar-refractivity contribution in [3.8, 4) is 22.9 Å². The van der Waals surface area contributed by atoms with Gasteiger partial charge < -0.3 is 15.2 Å². The van der Waals surface area contributed by atoms with E-state index in [4.69, 9.17) is 15.2 Å². The molecule has 0 unspecified atom stereocenters. The molecule has 1 aromatic heterocycles. The summed E-state index contributed by atoms with van der Waals surface area (Å²) in [6, 6.07) is 3.55. The van der Waals surface area contributed by atoms with Crippen LogP contribution in [0, 0.1) is 5.92 Å². The van der Waals surface area contributed by atoms with Gasteiger partial charge in [-0.25, -0.2) is 4.68 Å². The zero-order chi connectivity index (χ0) is 15.4. The van der Waals surface area contributed by atoms with E-state index in [0.717, 1.165) is 13.0 Å². The lowest BCUT2D eigenvalue weighted by Gasteiger charge is -2.13. The summed E-state index contributed by atoms with van der Waals surface area (Å²) in [6.45, 7) is 5.05. The van der Waals surface area contributed by atoms with Crippen molar-refractivity contribution in [3.63, 3.8) is 0 Å². The second-order valence-corrected chi connectivity index (χ2v) is 5.20. The number of hydrogen-bond donors (Lipinski definition) is 1. The SMILES string of the molecule is COc1cc(OC)c(N)c(-c2nnnn2CCC(C)C)c1. The molecule has 0 aliphatic rings. The third kappa shape index (κ3) is 3.24. The third-order valence-electron chi connectivity index (χ3n) is 3.26. The van der Waals surface area contributed by atoms with Gasteiger partial charge in [-0.2, -0.15) is 0 Å². The fourth-order valence-corrected chi connectivity index (χ4v) is 2.00. The van der Waals surface area contributed by atoms with Crippen molar-refractivity contribution in [2.24, 2.45) is 5.92 Å². The first-order valence-electron chi connectivity index (χ1n) is 6.84. The molecule has 2 N–H and O–H groups in total. The minimum absolute atomic E-state index is 0.499. The van der Waals surface area contributed by atoms with Crippen molar-refractivity contribution in [1.29, 1.82) is 0 Å². The van der Waals surface area contributed by atoms with Crippen molar-refractivity contribution in [2.45, 2.75) is 26.8 Å². The van der Waals surface area contributed by atoms with Gasteiger partial charge in [0.05, 0.1) is 25.5 Å². The van der Waals surface area contributed by atoms with E-state index in [0.29, 0.717) is 34.5 Å². The molecule has 0 spiro atoms. The van der Waals surface area contributed by atoms with Gasteiger partial charge in [0.2, 0.25) is 0 Å². The molecular weight excluding hydrogens is 270 g/mol. The van der Waals surface area contributed by atoms with Gasteiger partial charge in [-0.3, -0.25) is 0 Å². The van der Waals surface area contributed by atoms with Gasteiger partial charge in [-0.1, -0.05) is 13.8 Å². The largest absolute Gasteiger partial charge is 0.497 e. The molecule has 2 rings (SSSR count). The molecule has 21 heavy (non-hydrogen) atoms. The Morgan fingerprint density at radius 2 is 2.00 bits per heavy atom. The lowest BCUT2D eigenvalue weighted by Crippen LogP contribution is -2.07. The first-order chi connectivity index (χ1) is 10.1. The van der Waals surface area contributed by atoms with E-state index in [9.17, 15) is 0 Å². The quantitative estimate of drug-likeness (QED) is 0.819. The average Bonchev–Trinajstić information content (AvgIpc) is 2.93. The van der Waals surface area contributed by atoms with Gasteiger partial charge in [0.1, 0.15) is 11.5 Å². The molecule has 114 valence electrons. The highest BCUT2D eigenvalue weighted by Gasteiger charge is 2.17. The smallest absolute Gasteiger partial charge is 0.184 e. The number of anilines is 1. The number of rotatable bonds is 6. The van der Waals surface area contributed by atoms with Crippen LogP contribution in [-0.2, 0) is 6.54 Å². The molecule has 0 fully saturated rings. The van der Waals surface area contributed by atoms with Crippen LogP contribution in [0.5, 0.6) is 11.5 Å². The number of benzene rings is 1. The van der Waals surface area contributed by atoms with E-state index in [1.807, 2.05) is 6.07 Å². The predicted molar refractivity (Wildman–Crippen MR) is 80.2 cm³/mol. The van der Waals surface area contributed by atoms with E-state index in [2.05, 4.69) is 29.4 Å². The molecule has 7 nitrogen and oxygen atoms in total. The zero-order valence-electron chi connectivity index (χ0n) is 12.8. The maximum Gasteiger partial charge on any atom is 0.184 e. The number of tetrazole rings is 1. The van der Waals surface area contributed by atoms with Gasteiger partial charge >= 0.3 is 0 Å². The van der Waals surface area contributed by atoms with Crippen LogP contribution in [0.3, 0.4) is 0 Å². The number of nitrogen functional groups attached to an aromatic ring is 1. The van der Waals surface area contributed by atoms with Gasteiger partial charge in [0.15, 0.2) is 5.82 Å². The van der Waals surface area contributed by atoms with E-state index < -0.39 is 0 Å². The highest BCUT2D eigenvalue weighted by atomic mass is 16.5. The standard InChI is InChI=1S/C14H21N5O2/c1-9(2)5-6-19-14(16-17-18-19)11-7-10(20-3)8-12(21-4)13(11)15/h7-9H,5-6,15H2,1-4H3. The lowest BCUT2D eigenvalue weighted by atomic mass is 10.1. The molecular formula is C14H21N5O2. The van der Waals surface area contributed by atoms with E-state index in [1.165, 1.54) is 0 Å². The Labute approximate surface area is 124 Å². The minimum atomic E-state index is 0.499. The Balaban J connectivity index is 2.44. The average molecular weight is 291 g/mol. The van der Waals surface area contributed by atoms with Crippen LogP contribution in [-0.4, -0.2) is 34.4 Å². The minimum Gasteiger partial charge on any atom is -0.497 e. The Kier molecular flexibility index (Phi) is 4.62. The summed E-state index contributed by atoms with van der Waals surface area (Å²) >= 11 is 0. The first-order valence-corrected chi connectivity index (χ1v) is 6.84. The summed E-state index contributed by atoms with van der Waals surface area (Å²) in [4.78, 5) is 0. The number of nitrogens with two attached hydrogens (primary N) is 1. The molecule has 0 saturated heterocycles. The number of aryl methyl sites for hydroxylation is 1. The lowest BCUT2D eigenvalue weighted by molar-refractivity contribution is 0.396. The first kappa shape index (κ1) is 15.1. The summed E-state index contributed by atoms with van der Waals surface area (Å²) in [5.74, 6) is 2.38. The van der Waals surface area contributed by atoms with Gasteiger partial charge in [-0.15, -0.1) is 5.10 Å². The molecule has 7 heteroatoms.